The molecule has 0 saturated carbocycles. The van der Waals surface area contributed by atoms with Gasteiger partial charge in [0.15, 0.2) is 0 Å². The number of amides is 2. The molecule has 2 aliphatic heterocycles. The van der Waals surface area contributed by atoms with Crippen molar-refractivity contribution in [2.75, 3.05) is 31.6 Å². The van der Waals surface area contributed by atoms with Crippen LogP contribution in [0.2, 0.25) is 0 Å². The predicted octanol–water partition coefficient (Wildman–Crippen LogP) is 4.14. The van der Waals surface area contributed by atoms with Crippen LogP contribution < -0.4 is 10.2 Å². The molecule has 2 aliphatic rings. The lowest BCUT2D eigenvalue weighted by molar-refractivity contribution is -0.137. The highest BCUT2D eigenvalue weighted by Crippen LogP contribution is 2.46. The van der Waals surface area contributed by atoms with E-state index in [2.05, 4.69) is 5.32 Å². The van der Waals surface area contributed by atoms with Crippen LogP contribution in [0, 0.1) is 16.7 Å². The summed E-state index contributed by atoms with van der Waals surface area (Å²) >= 11 is 0. The van der Waals surface area contributed by atoms with Crippen LogP contribution in [-0.2, 0) is 22.2 Å². The number of carbonyl (C=O) groups excluding carboxylic acids is 2. The van der Waals surface area contributed by atoms with Gasteiger partial charge in [0.25, 0.3) is 0 Å². The van der Waals surface area contributed by atoms with Crippen molar-refractivity contribution in [1.82, 2.24) is 10.2 Å². The summed E-state index contributed by atoms with van der Waals surface area (Å²) in [5.74, 6) is -0.167. The number of anilines is 1. The summed E-state index contributed by atoms with van der Waals surface area (Å²) in [5, 5.41) is 11.8. The molecule has 2 heterocycles. The number of hydrogen-bond acceptors (Lipinski definition) is 4. The Morgan fingerprint density at radius 3 is 2.44 bits per heavy atom. The number of likely N-dealkylation sites (tertiary alicyclic amines) is 1. The molecule has 2 fully saturated rings. The highest BCUT2D eigenvalue weighted by molar-refractivity contribution is 5.86. The highest BCUT2D eigenvalue weighted by atomic mass is 19.4. The summed E-state index contributed by atoms with van der Waals surface area (Å²) in [5.41, 5.74) is -0.343. The van der Waals surface area contributed by atoms with Gasteiger partial charge in [-0.25, -0.2) is 0 Å². The molecule has 1 atom stereocenters. The quantitative estimate of drug-likeness (QED) is 0.672. The van der Waals surface area contributed by atoms with E-state index in [0.29, 0.717) is 51.7 Å². The minimum Gasteiger partial charge on any atom is -0.359 e. The molecule has 6 nitrogen and oxygen atoms in total. The van der Waals surface area contributed by atoms with Gasteiger partial charge in [0.05, 0.1) is 17.2 Å². The van der Waals surface area contributed by atoms with Crippen molar-refractivity contribution in [2.45, 2.75) is 44.3 Å². The van der Waals surface area contributed by atoms with E-state index >= 15 is 0 Å². The Morgan fingerprint density at radius 2 is 1.83 bits per heavy atom. The number of aryl methyl sites for hydroxylation is 1. The van der Waals surface area contributed by atoms with Gasteiger partial charge in [-0.1, -0.05) is 30.3 Å². The Balaban J connectivity index is 1.48. The number of alkyl halides is 3. The van der Waals surface area contributed by atoms with Gasteiger partial charge in [-0.05, 0) is 54.9 Å². The average Bonchev–Trinajstić information content (AvgIpc) is 3.25. The largest absolute Gasteiger partial charge is 0.417 e. The summed E-state index contributed by atoms with van der Waals surface area (Å²) in [6.07, 6.45) is -1.72. The van der Waals surface area contributed by atoms with Crippen molar-refractivity contribution in [3.05, 3.63) is 65.2 Å². The van der Waals surface area contributed by atoms with Crippen molar-refractivity contribution >= 4 is 17.5 Å². The molecule has 1 unspecified atom stereocenters. The van der Waals surface area contributed by atoms with E-state index < -0.39 is 23.3 Å². The van der Waals surface area contributed by atoms with Crippen molar-refractivity contribution in [3.8, 4) is 6.07 Å². The van der Waals surface area contributed by atoms with Gasteiger partial charge in [0, 0.05) is 38.8 Å². The first kappa shape index (κ1) is 25.5. The second-order valence-electron chi connectivity index (χ2n) is 9.67. The number of carbonyl (C=O) groups is 2. The van der Waals surface area contributed by atoms with E-state index in [1.807, 2.05) is 35.2 Å². The van der Waals surface area contributed by atoms with Gasteiger partial charge in [0.1, 0.15) is 6.04 Å². The zero-order valence-electron chi connectivity index (χ0n) is 20.1. The topological polar surface area (TPSA) is 76.4 Å². The Labute approximate surface area is 208 Å². The Kier molecular flexibility index (Phi) is 7.25. The summed E-state index contributed by atoms with van der Waals surface area (Å²) in [7, 11) is 1.51. The van der Waals surface area contributed by atoms with E-state index in [1.54, 1.807) is 11.0 Å². The second-order valence-corrected chi connectivity index (χ2v) is 9.67. The van der Waals surface area contributed by atoms with Gasteiger partial charge >= 0.3 is 6.18 Å². The van der Waals surface area contributed by atoms with E-state index in [1.165, 1.54) is 13.1 Å². The monoisotopic (exact) mass is 498 g/mol. The molecular weight excluding hydrogens is 469 g/mol. The molecule has 2 aromatic rings. The van der Waals surface area contributed by atoms with Crippen molar-refractivity contribution in [2.24, 2.45) is 5.41 Å². The van der Waals surface area contributed by atoms with Crippen LogP contribution in [0.3, 0.4) is 0 Å². The van der Waals surface area contributed by atoms with Crippen molar-refractivity contribution in [1.29, 1.82) is 5.26 Å². The van der Waals surface area contributed by atoms with E-state index in [-0.39, 0.29) is 22.9 Å². The number of nitrogens with one attached hydrogen (secondary N) is 1. The summed E-state index contributed by atoms with van der Waals surface area (Å²) in [6, 6.07) is 14.4. The predicted molar refractivity (Wildman–Crippen MR) is 129 cm³/mol. The molecule has 1 N–H and O–H groups in total. The fourth-order valence-electron chi connectivity index (χ4n) is 5.42. The number of piperidine rings is 1. The van der Waals surface area contributed by atoms with Gasteiger partial charge < -0.3 is 15.1 Å². The minimum absolute atomic E-state index is 0.0910. The van der Waals surface area contributed by atoms with Crippen molar-refractivity contribution < 1.29 is 22.8 Å². The van der Waals surface area contributed by atoms with E-state index in [9.17, 15) is 22.8 Å². The maximum absolute atomic E-state index is 13.6. The normalized spacial score (nSPS) is 19.2. The van der Waals surface area contributed by atoms with Crippen LogP contribution in [0.25, 0.3) is 0 Å². The first-order chi connectivity index (χ1) is 17.2. The van der Waals surface area contributed by atoms with Crippen LogP contribution in [0.15, 0.2) is 48.5 Å². The number of hydrogen-bond donors (Lipinski definition) is 1. The van der Waals surface area contributed by atoms with Crippen molar-refractivity contribution in [3.63, 3.8) is 0 Å². The third kappa shape index (κ3) is 5.32. The van der Waals surface area contributed by atoms with Gasteiger partial charge in [0.2, 0.25) is 11.8 Å². The van der Waals surface area contributed by atoms with Gasteiger partial charge in [-0.15, -0.1) is 0 Å². The van der Waals surface area contributed by atoms with Crippen LogP contribution >= 0.6 is 0 Å². The average molecular weight is 499 g/mol. The van der Waals surface area contributed by atoms with Crippen LogP contribution in [0.5, 0.6) is 0 Å². The molecule has 0 aromatic heterocycles. The number of halogens is 3. The third-order valence-electron chi connectivity index (χ3n) is 7.47. The fraction of sp³-hybridized carbons (Fsp3) is 0.444. The smallest absolute Gasteiger partial charge is 0.359 e. The number of nitriles is 1. The molecular formula is C27H29F3N4O2. The molecule has 0 radical (unpaired) electrons. The highest BCUT2D eigenvalue weighted by Gasteiger charge is 2.48. The molecule has 9 heteroatoms. The maximum atomic E-state index is 13.6. The lowest BCUT2D eigenvalue weighted by Crippen LogP contribution is -2.44. The Morgan fingerprint density at radius 1 is 1.14 bits per heavy atom. The number of rotatable bonds is 5. The zero-order chi connectivity index (χ0) is 25.9. The second kappa shape index (κ2) is 10.2. The molecule has 2 aromatic carbocycles. The molecule has 1 spiro atoms. The Hall–Kier alpha value is -3.54. The lowest BCUT2D eigenvalue weighted by atomic mass is 9.76. The van der Waals surface area contributed by atoms with Gasteiger partial charge in [-0.3, -0.25) is 9.59 Å². The first-order valence-corrected chi connectivity index (χ1v) is 12.1. The summed E-state index contributed by atoms with van der Waals surface area (Å²) in [4.78, 5) is 29.1. The lowest BCUT2D eigenvalue weighted by Gasteiger charge is -2.39. The van der Waals surface area contributed by atoms with E-state index in [4.69, 9.17) is 5.26 Å². The molecule has 36 heavy (non-hydrogen) atoms. The van der Waals surface area contributed by atoms with Gasteiger partial charge in [-0.2, -0.15) is 18.4 Å². The number of nitrogens with zero attached hydrogens (tertiary/aromatic N) is 3. The van der Waals surface area contributed by atoms with Crippen LogP contribution in [0.1, 0.15) is 42.4 Å². The standard InChI is InChI=1S/C27H29F3N4O2/c1-32-25(36)23-16-26(18-34(23)21-9-8-20(17-31)22(15-21)27(28,29)30)11-13-33(14-12-26)24(35)10-7-19-5-3-2-4-6-19/h2-6,8-9,15,23H,7,10-14,16,18H2,1H3,(H,32,36). The van der Waals surface area contributed by atoms with E-state index in [0.717, 1.165) is 17.7 Å². The fourth-order valence-corrected chi connectivity index (χ4v) is 5.42. The molecule has 2 saturated heterocycles. The number of likely N-dealkylation sites (N-methyl/N-ethyl adjacent to an activating group) is 1. The third-order valence-corrected chi connectivity index (χ3v) is 7.47. The molecule has 190 valence electrons. The van der Waals surface area contributed by atoms with Crippen LogP contribution in [0.4, 0.5) is 18.9 Å². The summed E-state index contributed by atoms with van der Waals surface area (Å²) < 4.78 is 40.7. The number of benzene rings is 2. The first-order valence-electron chi connectivity index (χ1n) is 12.1. The molecule has 4 rings (SSSR count). The Bertz CT molecular complexity index is 1150. The van der Waals surface area contributed by atoms with Crippen LogP contribution in [-0.4, -0.2) is 49.4 Å². The molecule has 2 amide bonds. The summed E-state index contributed by atoms with van der Waals surface area (Å²) in [6.45, 7) is 1.53. The maximum Gasteiger partial charge on any atom is 0.417 e. The molecule has 0 bridgehead atoms. The SMILES string of the molecule is CNC(=O)C1CC2(CCN(C(=O)CCc3ccccc3)CC2)CN1c1ccc(C#N)c(C(F)(F)F)c1. The minimum atomic E-state index is -4.67. The molecule has 0 aliphatic carbocycles. The zero-order valence-corrected chi connectivity index (χ0v) is 20.1.